The first-order chi connectivity index (χ1) is 27.2. The second-order valence-electron chi connectivity index (χ2n) is 14.0. The highest BCUT2D eigenvalue weighted by atomic mass is 15.1. The fourth-order valence-electron chi connectivity index (χ4n) is 8.71. The van der Waals surface area contributed by atoms with E-state index in [-0.39, 0.29) is 0 Å². The molecule has 0 N–H and O–H groups in total. The van der Waals surface area contributed by atoms with Gasteiger partial charge >= 0.3 is 0 Å². The second kappa shape index (κ2) is 11.8. The molecular formula is C50H29N5. The number of nitrogens with zero attached hydrogens (tertiary/aromatic N) is 5. The van der Waals surface area contributed by atoms with Gasteiger partial charge < -0.3 is 13.7 Å². The lowest BCUT2D eigenvalue weighted by Crippen LogP contribution is -2.00. The normalized spacial score (nSPS) is 11.6. The van der Waals surface area contributed by atoms with Crippen molar-refractivity contribution in [2.24, 2.45) is 0 Å². The number of benzene rings is 8. The quantitative estimate of drug-likeness (QED) is 0.169. The van der Waals surface area contributed by atoms with Gasteiger partial charge in [0, 0.05) is 38.0 Å². The third-order valence-electron chi connectivity index (χ3n) is 11.1. The molecule has 0 saturated carbocycles. The Bertz CT molecular complexity index is 3350. The van der Waals surface area contributed by atoms with Crippen LogP contribution in [0.3, 0.4) is 0 Å². The Morgan fingerprint density at radius 3 is 1.49 bits per heavy atom. The van der Waals surface area contributed by atoms with Gasteiger partial charge in [-0.15, -0.1) is 0 Å². The Morgan fingerprint density at radius 1 is 0.418 bits per heavy atom. The molecule has 0 fully saturated rings. The zero-order chi connectivity index (χ0) is 36.6. The Morgan fingerprint density at radius 2 is 0.927 bits per heavy atom. The number of para-hydroxylation sites is 5. The van der Waals surface area contributed by atoms with E-state index in [1.54, 1.807) is 0 Å². The monoisotopic (exact) mass is 699 g/mol. The minimum absolute atomic E-state index is 0.603. The maximum absolute atomic E-state index is 9.91. The molecule has 5 nitrogen and oxygen atoms in total. The summed E-state index contributed by atoms with van der Waals surface area (Å²) in [6.07, 6.45) is 0. The minimum atomic E-state index is 0.603. The topological polar surface area (TPSA) is 42.9 Å². The molecule has 0 saturated heterocycles. The molecular weight excluding hydrogens is 671 g/mol. The fourth-order valence-corrected chi connectivity index (χ4v) is 8.71. The molecule has 0 bridgehead atoms. The van der Waals surface area contributed by atoms with E-state index in [1.807, 2.05) is 24.3 Å². The van der Waals surface area contributed by atoms with Crippen LogP contribution in [-0.2, 0) is 0 Å². The standard InChI is InChI=1S/C50H29N5/c1-52-42-27-24-34(30-49(42)55-45-18-8-4-13-38(45)39-14-5-9-19-46(39)55)33-22-25-35(26-23-33)53-47-28-21-32(31-51)29-41(47)40-15-10-20-48(50(40)53)54-43-16-6-2-11-36(43)37-12-3-7-17-44(37)54/h2-30H. The highest BCUT2D eigenvalue weighted by Gasteiger charge is 2.21. The van der Waals surface area contributed by atoms with Crippen LogP contribution in [-0.4, -0.2) is 13.7 Å². The summed E-state index contributed by atoms with van der Waals surface area (Å²) in [5.74, 6) is 0. The van der Waals surface area contributed by atoms with Crippen LogP contribution >= 0.6 is 0 Å². The van der Waals surface area contributed by atoms with E-state index >= 15 is 0 Å². The summed E-state index contributed by atoms with van der Waals surface area (Å²) in [5.41, 5.74) is 12.8. The largest absolute Gasteiger partial charge is 0.319 e. The van der Waals surface area contributed by atoms with Crippen LogP contribution in [0.4, 0.5) is 5.69 Å². The number of nitriles is 1. The Kier molecular flexibility index (Phi) is 6.61. The predicted octanol–water partition coefficient (Wildman–Crippen LogP) is 13.1. The first-order valence-electron chi connectivity index (χ1n) is 18.3. The van der Waals surface area contributed by atoms with Gasteiger partial charge in [0.1, 0.15) is 0 Å². The lowest BCUT2D eigenvalue weighted by atomic mass is 10.0. The molecule has 11 aromatic rings. The smallest absolute Gasteiger partial charge is 0.210 e. The van der Waals surface area contributed by atoms with Crippen LogP contribution in [0, 0.1) is 17.9 Å². The molecule has 0 aliphatic rings. The molecule has 8 aromatic carbocycles. The van der Waals surface area contributed by atoms with Crippen molar-refractivity contribution in [2.45, 2.75) is 0 Å². The van der Waals surface area contributed by atoms with E-state index < -0.39 is 0 Å². The van der Waals surface area contributed by atoms with Gasteiger partial charge in [0.25, 0.3) is 0 Å². The Labute approximate surface area is 316 Å². The van der Waals surface area contributed by atoms with Crippen molar-refractivity contribution in [3.8, 4) is 34.3 Å². The van der Waals surface area contributed by atoms with Crippen molar-refractivity contribution in [1.29, 1.82) is 5.26 Å². The van der Waals surface area contributed by atoms with Crippen LogP contribution in [0.2, 0.25) is 0 Å². The van der Waals surface area contributed by atoms with E-state index in [0.29, 0.717) is 11.3 Å². The molecule has 0 spiro atoms. The van der Waals surface area contributed by atoms with E-state index in [1.165, 1.54) is 10.8 Å². The lowest BCUT2D eigenvalue weighted by molar-refractivity contribution is 1.13. The van der Waals surface area contributed by atoms with Gasteiger partial charge in [-0.05, 0) is 77.9 Å². The predicted molar refractivity (Wildman–Crippen MR) is 226 cm³/mol. The molecule has 0 atom stereocenters. The maximum atomic E-state index is 9.91. The first kappa shape index (κ1) is 30.7. The Hall–Kier alpha value is -7.86. The van der Waals surface area contributed by atoms with Crippen molar-refractivity contribution >= 4 is 71.1 Å². The highest BCUT2D eigenvalue weighted by Crippen LogP contribution is 2.41. The molecule has 3 aromatic heterocycles. The summed E-state index contributed by atoms with van der Waals surface area (Å²) in [7, 11) is 0. The fraction of sp³-hybridized carbons (Fsp3) is 0. The van der Waals surface area contributed by atoms with Crippen molar-refractivity contribution in [3.63, 3.8) is 0 Å². The molecule has 0 aliphatic carbocycles. The van der Waals surface area contributed by atoms with Gasteiger partial charge in [0.15, 0.2) is 0 Å². The molecule has 254 valence electrons. The lowest BCUT2D eigenvalue weighted by Gasteiger charge is -2.15. The summed E-state index contributed by atoms with van der Waals surface area (Å²) in [5, 5.41) is 16.8. The molecule has 11 rings (SSSR count). The molecule has 0 aliphatic heterocycles. The van der Waals surface area contributed by atoms with Gasteiger partial charge in [-0.3, -0.25) is 0 Å². The Balaban J connectivity index is 1.12. The van der Waals surface area contributed by atoms with E-state index in [2.05, 4.69) is 176 Å². The van der Waals surface area contributed by atoms with Crippen LogP contribution in [0.1, 0.15) is 5.56 Å². The van der Waals surface area contributed by atoms with Crippen LogP contribution in [0.15, 0.2) is 176 Å². The number of rotatable bonds is 4. The first-order valence-corrected chi connectivity index (χ1v) is 18.3. The van der Waals surface area contributed by atoms with Crippen LogP contribution < -0.4 is 0 Å². The third kappa shape index (κ3) is 4.45. The summed E-state index contributed by atoms with van der Waals surface area (Å²) < 4.78 is 6.93. The summed E-state index contributed by atoms with van der Waals surface area (Å²) >= 11 is 0. The average molecular weight is 700 g/mol. The van der Waals surface area contributed by atoms with Crippen LogP contribution in [0.25, 0.3) is 98.5 Å². The average Bonchev–Trinajstić information content (AvgIpc) is 3.89. The van der Waals surface area contributed by atoms with Gasteiger partial charge in [-0.25, -0.2) is 4.85 Å². The van der Waals surface area contributed by atoms with Gasteiger partial charge in [-0.2, -0.15) is 5.26 Å². The summed E-state index contributed by atoms with van der Waals surface area (Å²) in [4.78, 5) is 3.96. The molecule has 5 heteroatoms. The number of fused-ring (bicyclic) bond motifs is 9. The molecule has 55 heavy (non-hydrogen) atoms. The summed E-state index contributed by atoms with van der Waals surface area (Å²) in [6.45, 7) is 8.09. The molecule has 0 unspecified atom stereocenters. The summed E-state index contributed by atoms with van der Waals surface area (Å²) in [6, 6.07) is 63.6. The van der Waals surface area contributed by atoms with Crippen molar-refractivity contribution < 1.29 is 0 Å². The van der Waals surface area contributed by atoms with Crippen LogP contribution in [0.5, 0.6) is 0 Å². The van der Waals surface area contributed by atoms with Crippen molar-refractivity contribution in [1.82, 2.24) is 13.7 Å². The minimum Gasteiger partial charge on any atom is -0.319 e. The third-order valence-corrected chi connectivity index (χ3v) is 11.1. The van der Waals surface area contributed by atoms with Gasteiger partial charge in [0.2, 0.25) is 5.69 Å². The number of hydrogen-bond donors (Lipinski definition) is 0. The van der Waals surface area contributed by atoms with E-state index in [9.17, 15) is 5.26 Å². The van der Waals surface area contributed by atoms with Gasteiger partial charge in [-0.1, -0.05) is 109 Å². The van der Waals surface area contributed by atoms with E-state index in [4.69, 9.17) is 6.57 Å². The molecule has 3 heterocycles. The van der Waals surface area contributed by atoms with Crippen molar-refractivity contribution in [3.05, 3.63) is 193 Å². The zero-order valence-corrected chi connectivity index (χ0v) is 29.5. The maximum Gasteiger partial charge on any atom is 0.210 e. The molecule has 0 amide bonds. The SMILES string of the molecule is [C-]#[N+]c1ccc(-c2ccc(-n3c4ccc(C#N)cc4c4cccc(-n5c6ccccc6c6ccccc65)c43)cc2)cc1-n1c2ccccc2c2ccccc21. The molecule has 0 radical (unpaired) electrons. The number of aromatic nitrogens is 3. The highest BCUT2D eigenvalue weighted by molar-refractivity contribution is 6.15. The van der Waals surface area contributed by atoms with Crippen molar-refractivity contribution in [2.75, 3.05) is 0 Å². The number of hydrogen-bond acceptors (Lipinski definition) is 1. The second-order valence-corrected chi connectivity index (χ2v) is 14.0. The van der Waals surface area contributed by atoms with Gasteiger partial charge in [0.05, 0.1) is 62.7 Å². The van der Waals surface area contributed by atoms with E-state index in [0.717, 1.165) is 82.8 Å². The zero-order valence-electron chi connectivity index (χ0n) is 29.5.